The van der Waals surface area contributed by atoms with Crippen molar-refractivity contribution >= 4 is 27.5 Å². The normalized spacial score (nSPS) is 11.6. The number of hydrogen-bond acceptors (Lipinski definition) is 3. The second kappa shape index (κ2) is 7.13. The van der Waals surface area contributed by atoms with E-state index in [-0.39, 0.29) is 5.91 Å². The summed E-state index contributed by atoms with van der Waals surface area (Å²) in [4.78, 5) is 12.1. The average Bonchev–Trinajstić information content (AvgIpc) is 2.50. The molecule has 1 unspecified atom stereocenters. The van der Waals surface area contributed by atoms with Gasteiger partial charge in [-0.3, -0.25) is 4.79 Å². The molecule has 0 fully saturated rings. The average molecular weight is 350 g/mol. The fourth-order valence-corrected chi connectivity index (χ4v) is 2.16. The van der Waals surface area contributed by atoms with Gasteiger partial charge in [-0.25, -0.2) is 0 Å². The number of rotatable bonds is 5. The quantitative estimate of drug-likeness (QED) is 0.891. The van der Waals surface area contributed by atoms with Gasteiger partial charge in [-0.15, -0.1) is 0 Å². The molecule has 2 aromatic rings. The second-order valence-electron chi connectivity index (χ2n) is 4.41. The van der Waals surface area contributed by atoms with Gasteiger partial charge in [-0.2, -0.15) is 0 Å². The summed E-state index contributed by atoms with van der Waals surface area (Å²) in [7, 11) is 1.60. The molecule has 1 N–H and O–H groups in total. The zero-order chi connectivity index (χ0) is 15.2. The van der Waals surface area contributed by atoms with Gasteiger partial charge in [0.15, 0.2) is 6.10 Å². The smallest absolute Gasteiger partial charge is 0.265 e. The number of methoxy groups -OCH3 is 1. The van der Waals surface area contributed by atoms with E-state index in [0.717, 1.165) is 15.9 Å². The van der Waals surface area contributed by atoms with Crippen LogP contribution < -0.4 is 14.8 Å². The van der Waals surface area contributed by atoms with Crippen molar-refractivity contribution in [3.8, 4) is 11.5 Å². The van der Waals surface area contributed by atoms with Crippen LogP contribution in [0.1, 0.15) is 6.92 Å². The third kappa shape index (κ3) is 4.23. The van der Waals surface area contributed by atoms with Crippen molar-refractivity contribution in [1.82, 2.24) is 0 Å². The van der Waals surface area contributed by atoms with Crippen molar-refractivity contribution in [3.63, 3.8) is 0 Å². The molecule has 0 radical (unpaired) electrons. The van der Waals surface area contributed by atoms with E-state index in [1.165, 1.54) is 0 Å². The Bertz CT molecular complexity index is 616. The topological polar surface area (TPSA) is 47.6 Å². The van der Waals surface area contributed by atoms with Gasteiger partial charge in [0.1, 0.15) is 11.5 Å². The second-order valence-corrected chi connectivity index (χ2v) is 5.27. The summed E-state index contributed by atoms with van der Waals surface area (Å²) in [6.07, 6.45) is -0.616. The first-order chi connectivity index (χ1) is 10.1. The van der Waals surface area contributed by atoms with Crippen LogP contribution in [0.3, 0.4) is 0 Å². The van der Waals surface area contributed by atoms with Gasteiger partial charge in [0.2, 0.25) is 0 Å². The monoisotopic (exact) mass is 349 g/mol. The number of ether oxygens (including phenoxy) is 2. The highest BCUT2D eigenvalue weighted by Crippen LogP contribution is 2.29. The van der Waals surface area contributed by atoms with E-state index in [1.807, 2.05) is 30.3 Å². The van der Waals surface area contributed by atoms with Crippen LogP contribution in [-0.4, -0.2) is 19.1 Å². The Hall–Kier alpha value is -2.01. The number of hydrogen-bond donors (Lipinski definition) is 1. The Morgan fingerprint density at radius 2 is 1.90 bits per heavy atom. The Morgan fingerprint density at radius 3 is 2.52 bits per heavy atom. The van der Waals surface area contributed by atoms with E-state index in [9.17, 15) is 4.79 Å². The number of carbonyl (C=O) groups excluding carboxylic acids is 1. The highest BCUT2D eigenvalue weighted by atomic mass is 79.9. The molecule has 0 aliphatic rings. The van der Waals surface area contributed by atoms with E-state index in [0.29, 0.717) is 5.75 Å². The lowest BCUT2D eigenvalue weighted by Gasteiger charge is -2.16. The van der Waals surface area contributed by atoms with Crippen LogP contribution in [0.15, 0.2) is 53.0 Å². The van der Waals surface area contributed by atoms with Gasteiger partial charge in [-0.05, 0) is 53.2 Å². The molecule has 0 aliphatic heterocycles. The maximum Gasteiger partial charge on any atom is 0.265 e. The van der Waals surface area contributed by atoms with E-state index in [1.54, 1.807) is 32.2 Å². The molecule has 0 saturated heterocycles. The lowest BCUT2D eigenvalue weighted by molar-refractivity contribution is -0.122. The van der Waals surface area contributed by atoms with Gasteiger partial charge in [0.25, 0.3) is 5.91 Å². The Kier molecular flexibility index (Phi) is 5.22. The lowest BCUT2D eigenvalue weighted by Crippen LogP contribution is -2.30. The molecule has 2 aromatic carbocycles. The van der Waals surface area contributed by atoms with Crippen molar-refractivity contribution in [2.24, 2.45) is 0 Å². The SMILES string of the molecule is COc1ccc(OC(C)C(=O)Nc2ccccc2)c(Br)c1. The summed E-state index contributed by atoms with van der Waals surface area (Å²) in [5.74, 6) is 1.10. The van der Waals surface area contributed by atoms with Crippen LogP contribution >= 0.6 is 15.9 Å². The fourth-order valence-electron chi connectivity index (χ4n) is 1.71. The maximum atomic E-state index is 12.1. The van der Waals surface area contributed by atoms with Gasteiger partial charge >= 0.3 is 0 Å². The van der Waals surface area contributed by atoms with Crippen molar-refractivity contribution in [1.29, 1.82) is 0 Å². The molecular weight excluding hydrogens is 334 g/mol. The van der Waals surface area contributed by atoms with Crippen molar-refractivity contribution in [3.05, 3.63) is 53.0 Å². The van der Waals surface area contributed by atoms with Crippen molar-refractivity contribution in [2.75, 3.05) is 12.4 Å². The predicted octanol–water partition coefficient (Wildman–Crippen LogP) is 3.86. The number of carbonyl (C=O) groups is 1. The highest BCUT2D eigenvalue weighted by Gasteiger charge is 2.16. The summed E-state index contributed by atoms with van der Waals surface area (Å²) in [6.45, 7) is 1.70. The first-order valence-corrected chi connectivity index (χ1v) is 7.25. The van der Waals surface area contributed by atoms with Crippen molar-refractivity contribution in [2.45, 2.75) is 13.0 Å². The number of benzene rings is 2. The van der Waals surface area contributed by atoms with Crippen LogP contribution in [0.4, 0.5) is 5.69 Å². The molecule has 1 atom stereocenters. The minimum absolute atomic E-state index is 0.205. The van der Waals surface area contributed by atoms with Crippen LogP contribution in [0.2, 0.25) is 0 Å². The van der Waals surface area contributed by atoms with Gasteiger partial charge in [0, 0.05) is 5.69 Å². The molecule has 0 heterocycles. The Labute approximate surface area is 132 Å². The number of amides is 1. The third-order valence-corrected chi connectivity index (χ3v) is 3.47. The van der Waals surface area contributed by atoms with E-state index in [2.05, 4.69) is 21.2 Å². The van der Waals surface area contributed by atoms with Crippen LogP contribution in [0.5, 0.6) is 11.5 Å². The highest BCUT2D eigenvalue weighted by molar-refractivity contribution is 9.10. The molecule has 4 nitrogen and oxygen atoms in total. The first-order valence-electron chi connectivity index (χ1n) is 6.46. The minimum Gasteiger partial charge on any atom is -0.497 e. The number of anilines is 1. The molecule has 0 aromatic heterocycles. The molecule has 0 spiro atoms. The molecule has 0 saturated carbocycles. The zero-order valence-corrected chi connectivity index (χ0v) is 13.4. The summed E-state index contributed by atoms with van der Waals surface area (Å²) >= 11 is 3.40. The lowest BCUT2D eigenvalue weighted by atomic mass is 10.3. The van der Waals surface area contributed by atoms with Gasteiger partial charge in [0.05, 0.1) is 11.6 Å². The summed E-state index contributed by atoms with van der Waals surface area (Å²) < 4.78 is 11.5. The van der Waals surface area contributed by atoms with Gasteiger partial charge in [-0.1, -0.05) is 18.2 Å². The standard InChI is InChI=1S/C16H16BrNO3/c1-11(16(19)18-12-6-4-3-5-7-12)21-15-9-8-13(20-2)10-14(15)17/h3-11H,1-2H3,(H,18,19). The molecule has 21 heavy (non-hydrogen) atoms. The van der Waals surface area contributed by atoms with Crippen LogP contribution in [0.25, 0.3) is 0 Å². The Balaban J connectivity index is 2.00. The first kappa shape index (κ1) is 15.4. The van der Waals surface area contributed by atoms with E-state index >= 15 is 0 Å². The largest absolute Gasteiger partial charge is 0.497 e. The zero-order valence-electron chi connectivity index (χ0n) is 11.8. The number of halogens is 1. The number of para-hydroxylation sites is 1. The minimum atomic E-state index is -0.616. The molecule has 0 bridgehead atoms. The van der Waals surface area contributed by atoms with Gasteiger partial charge < -0.3 is 14.8 Å². The number of nitrogens with one attached hydrogen (secondary N) is 1. The summed E-state index contributed by atoms with van der Waals surface area (Å²) in [5, 5.41) is 2.80. The van der Waals surface area contributed by atoms with E-state index < -0.39 is 6.10 Å². The third-order valence-electron chi connectivity index (χ3n) is 2.85. The van der Waals surface area contributed by atoms with Crippen LogP contribution in [-0.2, 0) is 4.79 Å². The fraction of sp³-hybridized carbons (Fsp3) is 0.188. The maximum absolute atomic E-state index is 12.1. The molecule has 1 amide bonds. The van der Waals surface area contributed by atoms with Crippen molar-refractivity contribution < 1.29 is 14.3 Å². The predicted molar refractivity (Wildman–Crippen MR) is 85.9 cm³/mol. The molecular formula is C16H16BrNO3. The molecule has 110 valence electrons. The molecule has 5 heteroatoms. The molecule has 2 rings (SSSR count). The van der Waals surface area contributed by atoms with Crippen LogP contribution in [0, 0.1) is 0 Å². The Morgan fingerprint density at radius 1 is 1.19 bits per heavy atom. The summed E-state index contributed by atoms with van der Waals surface area (Å²) in [6, 6.07) is 14.6. The van der Waals surface area contributed by atoms with E-state index in [4.69, 9.17) is 9.47 Å². The molecule has 0 aliphatic carbocycles. The summed E-state index contributed by atoms with van der Waals surface area (Å²) in [5.41, 5.74) is 0.742.